The van der Waals surface area contributed by atoms with Crippen LogP contribution in [0.5, 0.6) is 5.75 Å². The van der Waals surface area contributed by atoms with E-state index in [1.807, 2.05) is 0 Å². The summed E-state index contributed by atoms with van der Waals surface area (Å²) < 4.78 is 47.0. The molecule has 3 aromatic rings. The average molecular weight is 475 g/mol. The minimum atomic E-state index is -4.30. The van der Waals surface area contributed by atoms with Gasteiger partial charge >= 0.3 is 6.18 Å². The summed E-state index contributed by atoms with van der Waals surface area (Å²) in [6.45, 7) is 1.58. The molecule has 178 valence electrons. The second-order valence-corrected chi connectivity index (χ2v) is 7.71. The second kappa shape index (κ2) is 9.49. The van der Waals surface area contributed by atoms with Gasteiger partial charge in [-0.25, -0.2) is 9.97 Å². The fraction of sp³-hybridized carbons (Fsp3) is 0.318. The number of amides is 2. The van der Waals surface area contributed by atoms with E-state index in [9.17, 15) is 22.8 Å². The van der Waals surface area contributed by atoms with Crippen molar-refractivity contribution in [3.05, 3.63) is 65.3 Å². The number of rotatable bonds is 8. The maximum atomic E-state index is 12.9. The van der Waals surface area contributed by atoms with Crippen LogP contribution in [0, 0.1) is 6.92 Å². The summed E-state index contributed by atoms with van der Waals surface area (Å²) in [7, 11) is 0. The monoisotopic (exact) mass is 475 g/mol. The van der Waals surface area contributed by atoms with Crippen molar-refractivity contribution >= 4 is 17.6 Å². The van der Waals surface area contributed by atoms with Crippen LogP contribution in [0.15, 0.2) is 41.6 Å². The van der Waals surface area contributed by atoms with Gasteiger partial charge in [0.2, 0.25) is 5.91 Å². The van der Waals surface area contributed by atoms with Crippen LogP contribution in [0.25, 0.3) is 0 Å². The van der Waals surface area contributed by atoms with Gasteiger partial charge in [0.05, 0.1) is 50.1 Å². The number of hydrogen-bond acceptors (Lipinski definition) is 7. The van der Waals surface area contributed by atoms with E-state index in [0.29, 0.717) is 33.9 Å². The summed E-state index contributed by atoms with van der Waals surface area (Å²) in [4.78, 5) is 39.1. The molecule has 0 saturated carbocycles. The Morgan fingerprint density at radius 3 is 2.79 bits per heavy atom. The van der Waals surface area contributed by atoms with E-state index in [4.69, 9.17) is 9.15 Å². The van der Waals surface area contributed by atoms with Gasteiger partial charge in [-0.05, 0) is 24.6 Å². The molecule has 0 radical (unpaired) electrons. The zero-order chi connectivity index (χ0) is 24.3. The number of carbonyl (C=O) groups is 2. The number of anilines is 1. The summed E-state index contributed by atoms with van der Waals surface area (Å²) in [6, 6.07) is 3.25. The largest absolute Gasteiger partial charge is 0.491 e. The van der Waals surface area contributed by atoms with E-state index < -0.39 is 19.2 Å². The number of carbonyl (C=O) groups excluding carboxylic acids is 2. The maximum absolute atomic E-state index is 12.9. The molecule has 1 N–H and O–H groups in total. The van der Waals surface area contributed by atoms with Gasteiger partial charge in [0.1, 0.15) is 17.8 Å². The molecule has 0 atom stereocenters. The van der Waals surface area contributed by atoms with Gasteiger partial charge in [-0.15, -0.1) is 0 Å². The van der Waals surface area contributed by atoms with Gasteiger partial charge < -0.3 is 19.4 Å². The molecule has 3 aromatic heterocycles. The summed E-state index contributed by atoms with van der Waals surface area (Å²) in [6.07, 6.45) is 0.0488. The van der Waals surface area contributed by atoms with Gasteiger partial charge in [-0.1, -0.05) is 0 Å². The van der Waals surface area contributed by atoms with Crippen molar-refractivity contribution in [3.63, 3.8) is 0 Å². The summed E-state index contributed by atoms with van der Waals surface area (Å²) in [5, 5.41) is 2.71. The zero-order valence-electron chi connectivity index (χ0n) is 18.1. The van der Waals surface area contributed by atoms with Crippen molar-refractivity contribution in [1.82, 2.24) is 19.9 Å². The summed E-state index contributed by atoms with van der Waals surface area (Å²) >= 11 is 0. The zero-order valence-corrected chi connectivity index (χ0v) is 18.1. The van der Waals surface area contributed by atoms with Gasteiger partial charge in [-0.2, -0.15) is 13.2 Å². The van der Waals surface area contributed by atoms with Gasteiger partial charge in [0.25, 0.3) is 5.91 Å². The summed E-state index contributed by atoms with van der Waals surface area (Å²) in [5.74, 6) is -0.0433. The third-order valence-electron chi connectivity index (χ3n) is 5.12. The van der Waals surface area contributed by atoms with Crippen molar-refractivity contribution in [1.29, 1.82) is 0 Å². The smallest absolute Gasteiger partial charge is 0.392 e. The highest BCUT2D eigenvalue weighted by atomic mass is 19.4. The number of hydrogen-bond donors (Lipinski definition) is 1. The van der Waals surface area contributed by atoms with Crippen molar-refractivity contribution in [2.24, 2.45) is 0 Å². The molecular formula is C22H20F3N5O4. The van der Waals surface area contributed by atoms with Crippen LogP contribution in [0.3, 0.4) is 0 Å². The number of nitrogens with one attached hydrogen (secondary N) is 1. The van der Waals surface area contributed by atoms with Crippen LogP contribution in [-0.4, -0.2) is 44.4 Å². The van der Waals surface area contributed by atoms with Gasteiger partial charge in [0.15, 0.2) is 6.39 Å². The van der Waals surface area contributed by atoms with Crippen molar-refractivity contribution in [3.8, 4) is 5.75 Å². The number of aryl methyl sites for hydroxylation is 1. The Labute approximate surface area is 192 Å². The molecule has 4 heterocycles. The fourth-order valence-corrected chi connectivity index (χ4v) is 3.50. The van der Waals surface area contributed by atoms with Crippen LogP contribution in [0.4, 0.5) is 19.0 Å². The lowest BCUT2D eigenvalue weighted by Crippen LogP contribution is -2.24. The third-order valence-corrected chi connectivity index (χ3v) is 5.12. The molecule has 1 aliphatic heterocycles. The normalized spacial score (nSPS) is 13.2. The molecule has 0 bridgehead atoms. The lowest BCUT2D eigenvalue weighted by atomic mass is 10.1. The Hall–Kier alpha value is -3.96. The fourth-order valence-electron chi connectivity index (χ4n) is 3.50. The molecule has 1 aliphatic rings. The maximum Gasteiger partial charge on any atom is 0.392 e. The molecular weight excluding hydrogens is 455 g/mol. The molecule has 0 spiro atoms. The molecule has 0 fully saturated rings. The van der Waals surface area contributed by atoms with E-state index in [1.165, 1.54) is 25.1 Å². The number of oxazole rings is 1. The highest BCUT2D eigenvalue weighted by Crippen LogP contribution is 2.29. The molecule has 9 nitrogen and oxygen atoms in total. The first-order valence-electron chi connectivity index (χ1n) is 10.3. The first-order chi connectivity index (χ1) is 16.2. The van der Waals surface area contributed by atoms with Crippen LogP contribution in [0.2, 0.25) is 0 Å². The molecule has 4 rings (SSSR count). The Kier molecular flexibility index (Phi) is 6.48. The molecule has 12 heteroatoms. The van der Waals surface area contributed by atoms with E-state index in [-0.39, 0.29) is 37.1 Å². The molecule has 0 saturated heterocycles. The Morgan fingerprint density at radius 2 is 2.09 bits per heavy atom. The number of alkyl halides is 3. The van der Waals surface area contributed by atoms with E-state index in [0.717, 1.165) is 0 Å². The lowest BCUT2D eigenvalue weighted by Gasteiger charge is -2.16. The average Bonchev–Trinajstić information content (AvgIpc) is 3.38. The van der Waals surface area contributed by atoms with Gasteiger partial charge in [-0.3, -0.25) is 14.6 Å². The standard InChI is InChI=1S/C22H20F3N5O4/c1-13-6-14(27-8-18(13)34-5-3-22(23,24)25)9-30-10-17-16(21(30)32)2-4-26-20(17)29-19(31)7-15-11-33-12-28-15/h2,4,6,8,11-12H,3,5,7,9-10H2,1H3,(H,26,29,31). The number of halogens is 3. The summed E-state index contributed by atoms with van der Waals surface area (Å²) in [5.41, 5.74) is 2.64. The Balaban J connectivity index is 1.41. The quantitative estimate of drug-likeness (QED) is 0.531. The van der Waals surface area contributed by atoms with Crippen LogP contribution >= 0.6 is 0 Å². The molecule has 0 aliphatic carbocycles. The number of pyridine rings is 2. The first kappa shape index (κ1) is 23.2. The van der Waals surface area contributed by atoms with Gasteiger partial charge in [0, 0.05) is 17.3 Å². The highest BCUT2D eigenvalue weighted by Gasteiger charge is 2.31. The molecule has 2 amide bonds. The Bertz CT molecular complexity index is 1200. The Morgan fingerprint density at radius 1 is 1.26 bits per heavy atom. The van der Waals surface area contributed by atoms with E-state index in [2.05, 4.69) is 20.3 Å². The second-order valence-electron chi connectivity index (χ2n) is 7.71. The molecule has 0 unspecified atom stereocenters. The lowest BCUT2D eigenvalue weighted by molar-refractivity contribution is -0.139. The first-order valence-corrected chi connectivity index (χ1v) is 10.3. The molecule has 0 aromatic carbocycles. The topological polar surface area (TPSA) is 110 Å². The number of fused-ring (bicyclic) bond motifs is 1. The number of nitrogens with zero attached hydrogens (tertiary/aromatic N) is 4. The predicted octanol–water partition coefficient (Wildman–Crippen LogP) is 3.44. The van der Waals surface area contributed by atoms with Crippen LogP contribution < -0.4 is 10.1 Å². The minimum Gasteiger partial charge on any atom is -0.491 e. The minimum absolute atomic E-state index is 0.0000947. The number of aromatic nitrogens is 3. The molecule has 34 heavy (non-hydrogen) atoms. The van der Waals surface area contributed by atoms with Crippen molar-refractivity contribution in [2.45, 2.75) is 39.0 Å². The third kappa shape index (κ3) is 5.50. The van der Waals surface area contributed by atoms with Crippen molar-refractivity contribution < 1.29 is 31.9 Å². The highest BCUT2D eigenvalue weighted by molar-refractivity contribution is 6.01. The van der Waals surface area contributed by atoms with Crippen molar-refractivity contribution in [2.75, 3.05) is 11.9 Å². The van der Waals surface area contributed by atoms with E-state index in [1.54, 1.807) is 24.0 Å². The number of ether oxygens (including phenoxy) is 1. The SMILES string of the molecule is Cc1cc(CN2Cc3c(ccnc3NC(=O)Cc3cocn3)C2=O)ncc1OCCC(F)(F)F. The predicted molar refractivity (Wildman–Crippen MR) is 112 cm³/mol. The van der Waals surface area contributed by atoms with Crippen LogP contribution in [0.1, 0.15) is 39.3 Å². The van der Waals surface area contributed by atoms with Crippen LogP contribution in [-0.2, 0) is 24.3 Å². The van der Waals surface area contributed by atoms with E-state index >= 15 is 0 Å².